The van der Waals surface area contributed by atoms with Crippen molar-refractivity contribution in [3.63, 3.8) is 0 Å². The van der Waals surface area contributed by atoms with Crippen LogP contribution in [0.2, 0.25) is 0 Å². The molecule has 1 atom stereocenters. The molecule has 1 aromatic rings. The first-order valence-electron chi connectivity index (χ1n) is 8.09. The third kappa shape index (κ3) is 4.63. The Kier molecular flexibility index (Phi) is 6.10. The summed E-state index contributed by atoms with van der Waals surface area (Å²) >= 11 is 0. The van der Waals surface area contributed by atoms with Crippen LogP contribution in [-0.2, 0) is 17.7 Å². The summed E-state index contributed by atoms with van der Waals surface area (Å²) in [6.07, 6.45) is -2.12. The zero-order valence-corrected chi connectivity index (χ0v) is 13.9. The minimum Gasteiger partial charge on any atom is -0.453 e. The number of carbonyl (C=O) groups excluding carboxylic acids is 1. The number of nitrogens with one attached hydrogen (secondary N) is 1. The number of nitrogens with zero attached hydrogens (tertiary/aromatic N) is 1. The summed E-state index contributed by atoms with van der Waals surface area (Å²) in [6.45, 7) is 1.79. The second kappa shape index (κ2) is 7.88. The predicted molar refractivity (Wildman–Crippen MR) is 84.7 cm³/mol. The van der Waals surface area contributed by atoms with Crippen molar-refractivity contribution in [1.29, 1.82) is 0 Å². The second-order valence-corrected chi connectivity index (χ2v) is 5.97. The molecule has 0 spiro atoms. The first-order chi connectivity index (χ1) is 11.4. The van der Waals surface area contributed by atoms with E-state index in [1.807, 2.05) is 18.2 Å². The minimum atomic E-state index is -4.21. The maximum absolute atomic E-state index is 12.2. The fraction of sp³-hybridized carbons (Fsp3) is 0.588. The molecule has 7 heteroatoms. The number of carbonyl (C=O) groups is 1. The van der Waals surface area contributed by atoms with Gasteiger partial charge >= 0.3 is 12.3 Å². The van der Waals surface area contributed by atoms with Crippen LogP contribution in [-0.4, -0.2) is 37.4 Å². The quantitative estimate of drug-likeness (QED) is 0.883. The molecular weight excluding hydrogens is 321 g/mol. The van der Waals surface area contributed by atoms with Gasteiger partial charge < -0.3 is 15.0 Å². The summed E-state index contributed by atoms with van der Waals surface area (Å²) in [5, 5.41) is 2.41. The number of methoxy groups -OCH3 is 1. The van der Waals surface area contributed by atoms with Gasteiger partial charge in [-0.05, 0) is 29.5 Å². The molecule has 1 amide bonds. The number of benzene rings is 1. The lowest BCUT2D eigenvalue weighted by molar-refractivity contribution is -0.125. The van der Waals surface area contributed by atoms with Crippen molar-refractivity contribution in [2.45, 2.75) is 44.9 Å². The summed E-state index contributed by atoms with van der Waals surface area (Å²) in [5.41, 5.74) is 2.98. The van der Waals surface area contributed by atoms with Gasteiger partial charge in [-0.1, -0.05) is 31.5 Å². The van der Waals surface area contributed by atoms with Crippen LogP contribution in [0.3, 0.4) is 0 Å². The Labute approximate surface area is 140 Å². The number of ether oxygens (including phenoxy) is 1. The van der Waals surface area contributed by atoms with Crippen LogP contribution in [0.5, 0.6) is 0 Å². The summed E-state index contributed by atoms with van der Waals surface area (Å²) in [7, 11) is 1.37. The van der Waals surface area contributed by atoms with E-state index < -0.39 is 12.7 Å². The lowest BCUT2D eigenvalue weighted by Crippen LogP contribution is -2.40. The molecular formula is C17H23F3N2O2. The normalized spacial score (nSPS) is 17.5. The molecule has 24 heavy (non-hydrogen) atoms. The summed E-state index contributed by atoms with van der Waals surface area (Å²) < 4.78 is 41.5. The van der Waals surface area contributed by atoms with Gasteiger partial charge in [-0.15, -0.1) is 0 Å². The maximum atomic E-state index is 12.2. The van der Waals surface area contributed by atoms with Gasteiger partial charge in [0.25, 0.3) is 0 Å². The number of amides is 1. The summed E-state index contributed by atoms with van der Waals surface area (Å²) in [5.74, 6) is 0. The van der Waals surface area contributed by atoms with E-state index in [2.05, 4.69) is 12.2 Å². The van der Waals surface area contributed by atoms with Gasteiger partial charge in [0.1, 0.15) is 0 Å². The van der Waals surface area contributed by atoms with E-state index >= 15 is 0 Å². The Bertz CT molecular complexity index is 575. The van der Waals surface area contributed by atoms with Crippen LogP contribution in [0.1, 0.15) is 42.5 Å². The third-order valence-corrected chi connectivity index (χ3v) is 4.19. The van der Waals surface area contributed by atoms with E-state index in [0.29, 0.717) is 13.0 Å². The number of fused-ring (bicyclic) bond motifs is 1. The van der Waals surface area contributed by atoms with Crippen molar-refractivity contribution < 1.29 is 22.7 Å². The van der Waals surface area contributed by atoms with Gasteiger partial charge in [0, 0.05) is 13.1 Å². The van der Waals surface area contributed by atoms with E-state index in [1.54, 1.807) is 4.90 Å². The smallest absolute Gasteiger partial charge is 0.410 e. The largest absolute Gasteiger partial charge is 0.453 e. The Hall–Kier alpha value is -1.76. The molecule has 1 heterocycles. The van der Waals surface area contributed by atoms with E-state index in [0.717, 1.165) is 29.5 Å². The fourth-order valence-corrected chi connectivity index (χ4v) is 3.14. The molecule has 0 saturated carbocycles. The second-order valence-electron chi connectivity index (χ2n) is 5.97. The molecule has 1 aliphatic rings. The first kappa shape index (κ1) is 18.6. The zero-order chi connectivity index (χ0) is 17.7. The van der Waals surface area contributed by atoms with Crippen molar-refractivity contribution in [3.05, 3.63) is 34.9 Å². The summed E-state index contributed by atoms with van der Waals surface area (Å²) in [6, 6.07) is 5.65. The van der Waals surface area contributed by atoms with Crippen LogP contribution in [0.15, 0.2) is 18.2 Å². The molecule has 134 valence electrons. The molecule has 0 fully saturated rings. The third-order valence-electron chi connectivity index (χ3n) is 4.19. The number of hydrogen-bond donors (Lipinski definition) is 1. The molecule has 0 bridgehead atoms. The number of rotatable bonds is 5. The van der Waals surface area contributed by atoms with Crippen LogP contribution in [0.25, 0.3) is 0 Å². The number of halogens is 3. The highest BCUT2D eigenvalue weighted by atomic mass is 19.4. The number of hydrogen-bond acceptors (Lipinski definition) is 3. The fourth-order valence-electron chi connectivity index (χ4n) is 3.14. The monoisotopic (exact) mass is 344 g/mol. The molecule has 2 rings (SSSR count). The average Bonchev–Trinajstić information content (AvgIpc) is 2.53. The van der Waals surface area contributed by atoms with E-state index in [9.17, 15) is 18.0 Å². The van der Waals surface area contributed by atoms with E-state index in [1.165, 1.54) is 7.11 Å². The maximum Gasteiger partial charge on any atom is 0.410 e. The minimum absolute atomic E-state index is 0.0385. The van der Waals surface area contributed by atoms with Crippen LogP contribution in [0, 0.1) is 0 Å². The molecule has 1 N–H and O–H groups in total. The van der Waals surface area contributed by atoms with Crippen LogP contribution < -0.4 is 5.32 Å². The van der Waals surface area contributed by atoms with Gasteiger partial charge in [0.05, 0.1) is 19.7 Å². The lowest BCUT2D eigenvalue weighted by Gasteiger charge is -2.36. The zero-order valence-electron chi connectivity index (χ0n) is 13.9. The van der Waals surface area contributed by atoms with Gasteiger partial charge in [0.15, 0.2) is 0 Å². The molecule has 1 unspecified atom stereocenters. The highest BCUT2D eigenvalue weighted by molar-refractivity contribution is 5.69. The molecule has 0 aromatic heterocycles. The van der Waals surface area contributed by atoms with Crippen molar-refractivity contribution in [1.82, 2.24) is 10.2 Å². The topological polar surface area (TPSA) is 41.6 Å². The Morgan fingerprint density at radius 1 is 1.42 bits per heavy atom. The van der Waals surface area contributed by atoms with Crippen molar-refractivity contribution >= 4 is 6.09 Å². The van der Waals surface area contributed by atoms with Crippen molar-refractivity contribution in [2.24, 2.45) is 0 Å². The van der Waals surface area contributed by atoms with Crippen molar-refractivity contribution in [3.8, 4) is 0 Å². The molecule has 0 radical (unpaired) electrons. The molecule has 4 nitrogen and oxygen atoms in total. The Morgan fingerprint density at radius 2 is 2.17 bits per heavy atom. The van der Waals surface area contributed by atoms with Gasteiger partial charge in [-0.2, -0.15) is 13.2 Å². The Balaban J connectivity index is 2.13. The van der Waals surface area contributed by atoms with E-state index in [4.69, 9.17) is 4.74 Å². The number of alkyl halides is 3. The highest BCUT2D eigenvalue weighted by Crippen LogP contribution is 2.34. The van der Waals surface area contributed by atoms with Crippen LogP contribution in [0.4, 0.5) is 18.0 Å². The SMILES string of the molecule is CCCC1c2ccc(CNCC(F)(F)F)cc2CCN1C(=O)OC. The molecule has 1 aliphatic heterocycles. The van der Waals surface area contributed by atoms with Crippen LogP contribution >= 0.6 is 0 Å². The van der Waals surface area contributed by atoms with Gasteiger partial charge in [0.2, 0.25) is 0 Å². The molecule has 0 saturated heterocycles. The average molecular weight is 344 g/mol. The van der Waals surface area contributed by atoms with Gasteiger partial charge in [-0.3, -0.25) is 0 Å². The highest BCUT2D eigenvalue weighted by Gasteiger charge is 2.31. The Morgan fingerprint density at radius 3 is 2.79 bits per heavy atom. The molecule has 1 aromatic carbocycles. The predicted octanol–water partition coefficient (Wildman–Crippen LogP) is 3.80. The van der Waals surface area contributed by atoms with Gasteiger partial charge in [-0.25, -0.2) is 4.79 Å². The van der Waals surface area contributed by atoms with Crippen molar-refractivity contribution in [2.75, 3.05) is 20.2 Å². The summed E-state index contributed by atoms with van der Waals surface area (Å²) in [4.78, 5) is 13.7. The first-order valence-corrected chi connectivity index (χ1v) is 8.09. The lowest BCUT2D eigenvalue weighted by atomic mass is 9.89. The standard InChI is InChI=1S/C17H23F3N2O2/c1-3-4-15-14-6-5-12(10-21-11-17(18,19)20)9-13(14)7-8-22(15)16(23)24-2/h5-6,9,15,21H,3-4,7-8,10-11H2,1-2H3. The molecule has 0 aliphatic carbocycles. The van der Waals surface area contributed by atoms with E-state index in [-0.39, 0.29) is 18.7 Å².